The van der Waals surface area contributed by atoms with Crippen LogP contribution in [0.1, 0.15) is 37.7 Å². The summed E-state index contributed by atoms with van der Waals surface area (Å²) in [6, 6.07) is 0.783. The minimum Gasteiger partial charge on any atom is -0.477 e. The van der Waals surface area contributed by atoms with Gasteiger partial charge in [0.15, 0.2) is 0 Å². The summed E-state index contributed by atoms with van der Waals surface area (Å²) in [5.74, 6) is -1.15. The number of carboxylic acids is 1. The third kappa shape index (κ3) is 4.83. The molecule has 1 aromatic heterocycles. The number of hydrogen-bond donors (Lipinski definition) is 2. The van der Waals surface area contributed by atoms with Crippen LogP contribution >= 0.6 is 0 Å². The highest BCUT2D eigenvalue weighted by Gasteiger charge is 2.22. The van der Waals surface area contributed by atoms with Crippen molar-refractivity contribution in [2.45, 2.75) is 44.7 Å². The average Bonchev–Trinajstić information content (AvgIpc) is 2.81. The number of aromatic carboxylic acids is 1. The van der Waals surface area contributed by atoms with Gasteiger partial charge in [-0.2, -0.15) is 0 Å². The molecule has 0 aromatic carbocycles. The average molecular weight is 318 g/mol. The maximum absolute atomic E-state index is 12.2. The highest BCUT2D eigenvalue weighted by atomic mass is 32.2. The molecule has 120 valence electrons. The topological polar surface area (TPSA) is 97.6 Å². The molecule has 21 heavy (non-hydrogen) atoms. The van der Waals surface area contributed by atoms with Gasteiger partial charge >= 0.3 is 5.97 Å². The summed E-state index contributed by atoms with van der Waals surface area (Å²) < 4.78 is 33.5. The van der Waals surface area contributed by atoms with Crippen molar-refractivity contribution in [2.24, 2.45) is 0 Å². The summed E-state index contributed by atoms with van der Waals surface area (Å²) in [7, 11) is -3.76. The van der Waals surface area contributed by atoms with Gasteiger partial charge in [-0.25, -0.2) is 17.9 Å². The number of carbonyl (C=O) groups is 1. The summed E-state index contributed by atoms with van der Waals surface area (Å²) in [4.78, 5) is 11.1. The highest BCUT2D eigenvalue weighted by Crippen LogP contribution is 2.15. The van der Waals surface area contributed by atoms with Crippen LogP contribution in [0, 0.1) is 0 Å². The number of aromatic nitrogens is 1. The van der Waals surface area contributed by atoms with Gasteiger partial charge < -0.3 is 14.4 Å². The van der Waals surface area contributed by atoms with E-state index in [2.05, 4.69) is 4.72 Å². The molecule has 7 nitrogen and oxygen atoms in total. The first-order chi connectivity index (χ1) is 9.81. The summed E-state index contributed by atoms with van der Waals surface area (Å²) in [5.41, 5.74) is -0.0327. The van der Waals surface area contributed by atoms with E-state index in [1.807, 2.05) is 13.8 Å². The van der Waals surface area contributed by atoms with Gasteiger partial charge in [-0.05, 0) is 26.3 Å². The maximum atomic E-state index is 12.2. The van der Waals surface area contributed by atoms with Gasteiger partial charge in [-0.1, -0.05) is 6.92 Å². The fourth-order valence-electron chi connectivity index (χ4n) is 1.90. The highest BCUT2D eigenvalue weighted by molar-refractivity contribution is 7.89. The quantitative estimate of drug-likeness (QED) is 0.715. The second-order valence-electron chi connectivity index (χ2n) is 4.74. The van der Waals surface area contributed by atoms with Crippen molar-refractivity contribution in [3.63, 3.8) is 0 Å². The Kier molecular flexibility index (Phi) is 6.38. The summed E-state index contributed by atoms with van der Waals surface area (Å²) >= 11 is 0. The number of sulfonamides is 1. The van der Waals surface area contributed by atoms with Gasteiger partial charge in [0.25, 0.3) is 0 Å². The predicted octanol–water partition coefficient (Wildman–Crippen LogP) is 1.30. The van der Waals surface area contributed by atoms with Crippen molar-refractivity contribution in [1.82, 2.24) is 9.29 Å². The summed E-state index contributed by atoms with van der Waals surface area (Å²) in [6.45, 7) is 6.62. The molecule has 1 aromatic rings. The largest absolute Gasteiger partial charge is 0.477 e. The lowest BCUT2D eigenvalue weighted by Crippen LogP contribution is -2.35. The fourth-order valence-corrected chi connectivity index (χ4v) is 3.16. The Balaban J connectivity index is 2.97. The van der Waals surface area contributed by atoms with Crippen molar-refractivity contribution < 1.29 is 23.1 Å². The Morgan fingerprint density at radius 3 is 2.67 bits per heavy atom. The zero-order valence-corrected chi connectivity index (χ0v) is 13.3. The first-order valence-corrected chi connectivity index (χ1v) is 8.33. The van der Waals surface area contributed by atoms with Gasteiger partial charge in [-0.3, -0.25) is 0 Å². The smallest absolute Gasteiger partial charge is 0.352 e. The molecule has 0 saturated heterocycles. The van der Waals surface area contributed by atoms with Crippen molar-refractivity contribution >= 4 is 16.0 Å². The Bertz CT molecular complexity index is 579. The molecule has 8 heteroatoms. The van der Waals surface area contributed by atoms with Crippen LogP contribution < -0.4 is 4.72 Å². The molecule has 0 saturated carbocycles. The standard InChI is InChI=1S/C13H22N2O5S/c1-4-6-15-8-11(7-12(15)13(16)17)21(18,19)14-10(3)9-20-5-2/h7-8,10,14H,4-6,9H2,1-3H3,(H,16,17). The van der Waals surface area contributed by atoms with Gasteiger partial charge in [0.05, 0.1) is 6.61 Å². The number of aryl methyl sites for hydroxylation is 1. The molecule has 0 aliphatic carbocycles. The van der Waals surface area contributed by atoms with Gasteiger partial charge in [0.2, 0.25) is 10.0 Å². The number of ether oxygens (including phenoxy) is 1. The number of nitrogens with zero attached hydrogens (tertiary/aromatic N) is 1. The minimum absolute atomic E-state index is 0.0327. The molecule has 0 spiro atoms. The van der Waals surface area contributed by atoms with Crippen LogP contribution in [0.4, 0.5) is 0 Å². The zero-order chi connectivity index (χ0) is 16.0. The van der Waals surface area contributed by atoms with Crippen molar-refractivity contribution in [3.8, 4) is 0 Å². The Morgan fingerprint density at radius 2 is 2.14 bits per heavy atom. The van der Waals surface area contributed by atoms with E-state index in [0.29, 0.717) is 19.6 Å². The van der Waals surface area contributed by atoms with Gasteiger partial charge in [-0.15, -0.1) is 0 Å². The molecule has 1 unspecified atom stereocenters. The lowest BCUT2D eigenvalue weighted by molar-refractivity contribution is 0.0685. The van der Waals surface area contributed by atoms with E-state index >= 15 is 0 Å². The lowest BCUT2D eigenvalue weighted by Gasteiger charge is -2.13. The molecular formula is C13H22N2O5S. The van der Waals surface area contributed by atoms with Crippen LogP contribution in [0.5, 0.6) is 0 Å². The molecule has 0 radical (unpaired) electrons. The van der Waals surface area contributed by atoms with E-state index < -0.39 is 22.0 Å². The second-order valence-corrected chi connectivity index (χ2v) is 6.46. The Morgan fingerprint density at radius 1 is 1.48 bits per heavy atom. The number of carboxylic acid groups (broad SMARTS) is 1. The molecule has 2 N–H and O–H groups in total. The van der Waals surface area contributed by atoms with E-state index in [1.54, 1.807) is 6.92 Å². The molecule has 0 bridgehead atoms. The van der Waals surface area contributed by atoms with Crippen molar-refractivity contribution in [2.75, 3.05) is 13.2 Å². The molecule has 1 atom stereocenters. The molecule has 1 heterocycles. The Labute approximate surface area is 125 Å². The molecule has 0 aliphatic heterocycles. The third-order valence-electron chi connectivity index (χ3n) is 2.79. The number of nitrogens with one attached hydrogen (secondary N) is 1. The third-order valence-corrected chi connectivity index (χ3v) is 4.35. The van der Waals surface area contributed by atoms with Crippen molar-refractivity contribution in [3.05, 3.63) is 18.0 Å². The second kappa shape index (κ2) is 7.58. The molecule has 0 amide bonds. The van der Waals surface area contributed by atoms with Crippen LogP contribution in [-0.2, 0) is 21.3 Å². The van der Waals surface area contributed by atoms with E-state index in [0.717, 1.165) is 0 Å². The zero-order valence-electron chi connectivity index (χ0n) is 12.5. The first kappa shape index (κ1) is 17.7. The number of hydrogen-bond acceptors (Lipinski definition) is 4. The SMILES string of the molecule is CCCn1cc(S(=O)(=O)NC(C)COCC)cc1C(=O)O. The van der Waals surface area contributed by atoms with E-state index in [9.17, 15) is 13.2 Å². The monoisotopic (exact) mass is 318 g/mol. The summed E-state index contributed by atoms with van der Waals surface area (Å²) in [5, 5.41) is 9.11. The maximum Gasteiger partial charge on any atom is 0.352 e. The van der Waals surface area contributed by atoms with Crippen LogP contribution in [0.3, 0.4) is 0 Å². The molecule has 1 rings (SSSR count). The van der Waals surface area contributed by atoms with Gasteiger partial charge in [0.1, 0.15) is 10.6 Å². The minimum atomic E-state index is -3.76. The predicted molar refractivity (Wildman–Crippen MR) is 78.0 cm³/mol. The molecule has 0 fully saturated rings. The van der Waals surface area contributed by atoms with E-state index in [-0.39, 0.29) is 17.2 Å². The van der Waals surface area contributed by atoms with Crippen LogP contribution in [-0.4, -0.2) is 43.3 Å². The van der Waals surface area contributed by atoms with Crippen molar-refractivity contribution in [1.29, 1.82) is 0 Å². The molecule has 0 aliphatic rings. The molecular weight excluding hydrogens is 296 g/mol. The summed E-state index contributed by atoms with van der Waals surface area (Å²) in [6.07, 6.45) is 2.06. The van der Waals surface area contributed by atoms with E-state index in [4.69, 9.17) is 9.84 Å². The van der Waals surface area contributed by atoms with Crippen LogP contribution in [0.2, 0.25) is 0 Å². The number of rotatable bonds is 9. The Hall–Kier alpha value is -1.38. The fraction of sp³-hybridized carbons (Fsp3) is 0.615. The lowest BCUT2D eigenvalue weighted by atomic mass is 10.4. The normalized spacial score (nSPS) is 13.3. The van der Waals surface area contributed by atoms with Crippen LogP contribution in [0.25, 0.3) is 0 Å². The van der Waals surface area contributed by atoms with E-state index in [1.165, 1.54) is 16.8 Å². The van der Waals surface area contributed by atoms with Crippen LogP contribution in [0.15, 0.2) is 17.2 Å². The first-order valence-electron chi connectivity index (χ1n) is 6.85. The van der Waals surface area contributed by atoms with Gasteiger partial charge in [0, 0.05) is 25.4 Å².